The topological polar surface area (TPSA) is 23.8 Å². The lowest BCUT2D eigenvalue weighted by Gasteiger charge is -1.87. The molecule has 0 N–H and O–H groups in total. The molecule has 0 aliphatic rings. The van der Waals surface area contributed by atoms with Crippen LogP contribution in [0.3, 0.4) is 0 Å². The number of hydrogen-bond donors (Lipinski definition) is 0. The van der Waals surface area contributed by atoms with Crippen molar-refractivity contribution in [3.63, 3.8) is 0 Å². The number of benzene rings is 1. The van der Waals surface area contributed by atoms with E-state index in [1.807, 2.05) is 30.4 Å². The van der Waals surface area contributed by atoms with Crippen LogP contribution < -0.4 is 0 Å². The van der Waals surface area contributed by atoms with Gasteiger partial charge in [0, 0.05) is 6.08 Å². The molecule has 0 spiro atoms. The van der Waals surface area contributed by atoms with Crippen LogP contribution in [0.25, 0.3) is 6.08 Å². The molecule has 1 rings (SSSR count). The first-order chi connectivity index (χ1) is 6.85. The SMILES string of the molecule is C=CC#N.C=CC=Cc1ccccc1. The van der Waals surface area contributed by atoms with Gasteiger partial charge in [0.1, 0.15) is 0 Å². The van der Waals surface area contributed by atoms with Gasteiger partial charge in [-0.15, -0.1) is 0 Å². The van der Waals surface area contributed by atoms with E-state index in [-0.39, 0.29) is 0 Å². The standard InChI is InChI=1S/C10H10.C3H3N/c1-2-3-7-10-8-5-4-6-9-10;1-2-3-4/h2-9H,1H2;2H,1H2. The molecule has 0 radical (unpaired) electrons. The molecule has 0 saturated heterocycles. The Labute approximate surface area is 85.3 Å². The fraction of sp³-hybridized carbons (Fsp3) is 0. The van der Waals surface area contributed by atoms with Crippen LogP contribution in [0, 0.1) is 11.3 Å². The quantitative estimate of drug-likeness (QED) is 0.508. The molecule has 0 heterocycles. The first-order valence-electron chi connectivity index (χ1n) is 4.19. The van der Waals surface area contributed by atoms with Crippen molar-refractivity contribution in [1.82, 2.24) is 0 Å². The van der Waals surface area contributed by atoms with E-state index in [4.69, 9.17) is 5.26 Å². The van der Waals surface area contributed by atoms with Crippen LogP contribution in [0.5, 0.6) is 0 Å². The average molecular weight is 183 g/mol. The summed E-state index contributed by atoms with van der Waals surface area (Å²) in [6.45, 7) is 6.71. The monoisotopic (exact) mass is 183 g/mol. The lowest BCUT2D eigenvalue weighted by atomic mass is 10.2. The summed E-state index contributed by atoms with van der Waals surface area (Å²) in [5.74, 6) is 0. The number of rotatable bonds is 2. The van der Waals surface area contributed by atoms with Gasteiger partial charge in [0.15, 0.2) is 0 Å². The third-order valence-corrected chi connectivity index (χ3v) is 1.32. The molecule has 0 atom stereocenters. The van der Waals surface area contributed by atoms with Crippen molar-refractivity contribution < 1.29 is 0 Å². The molecule has 0 unspecified atom stereocenters. The predicted octanol–water partition coefficient (Wildman–Crippen LogP) is 3.58. The number of nitrogens with zero attached hydrogens (tertiary/aromatic N) is 1. The molecule has 0 aliphatic carbocycles. The molecule has 0 saturated carbocycles. The second-order valence-corrected chi connectivity index (χ2v) is 2.34. The maximum Gasteiger partial charge on any atom is 0.0905 e. The van der Waals surface area contributed by atoms with Gasteiger partial charge in [-0.05, 0) is 5.56 Å². The molecule has 0 amide bonds. The Morgan fingerprint density at radius 3 is 2.14 bits per heavy atom. The summed E-state index contributed by atoms with van der Waals surface area (Å²) in [7, 11) is 0. The van der Waals surface area contributed by atoms with Gasteiger partial charge in [-0.2, -0.15) is 5.26 Å². The lowest BCUT2D eigenvalue weighted by Crippen LogP contribution is -1.65. The first kappa shape index (κ1) is 11.9. The molecule has 0 aromatic heterocycles. The molecule has 14 heavy (non-hydrogen) atoms. The van der Waals surface area contributed by atoms with Crippen LogP contribution in [0.15, 0.2) is 61.7 Å². The molecule has 1 aromatic carbocycles. The number of nitriles is 1. The normalized spacial score (nSPS) is 8.21. The number of allylic oxidation sites excluding steroid dienone is 3. The van der Waals surface area contributed by atoms with E-state index in [1.165, 1.54) is 11.6 Å². The van der Waals surface area contributed by atoms with Crippen molar-refractivity contribution in [2.45, 2.75) is 0 Å². The van der Waals surface area contributed by atoms with Gasteiger partial charge in [-0.3, -0.25) is 0 Å². The average Bonchev–Trinajstić information content (AvgIpc) is 2.28. The zero-order chi connectivity index (χ0) is 10.6. The van der Waals surface area contributed by atoms with Crippen LogP contribution in [0.4, 0.5) is 0 Å². The van der Waals surface area contributed by atoms with Crippen LogP contribution in [-0.4, -0.2) is 0 Å². The lowest BCUT2D eigenvalue weighted by molar-refractivity contribution is 1.54. The minimum Gasteiger partial charge on any atom is -0.193 e. The van der Waals surface area contributed by atoms with Gasteiger partial charge in [-0.1, -0.05) is 61.7 Å². The molecule has 0 fully saturated rings. The fourth-order valence-electron chi connectivity index (χ4n) is 0.743. The third kappa shape index (κ3) is 6.63. The van der Waals surface area contributed by atoms with E-state index in [1.54, 1.807) is 12.1 Å². The molecule has 70 valence electrons. The highest BCUT2D eigenvalue weighted by atomic mass is 14.2. The zero-order valence-electron chi connectivity index (χ0n) is 8.06. The molecule has 1 nitrogen and oxygen atoms in total. The third-order valence-electron chi connectivity index (χ3n) is 1.32. The van der Waals surface area contributed by atoms with Gasteiger partial charge in [0.25, 0.3) is 0 Å². The second kappa shape index (κ2) is 9.02. The molecule has 1 heteroatoms. The van der Waals surface area contributed by atoms with Gasteiger partial charge >= 0.3 is 0 Å². The van der Waals surface area contributed by atoms with Crippen LogP contribution in [0.2, 0.25) is 0 Å². The van der Waals surface area contributed by atoms with Crippen molar-refractivity contribution in [2.24, 2.45) is 0 Å². The summed E-state index contributed by atoms with van der Waals surface area (Å²) in [5, 5.41) is 7.51. The van der Waals surface area contributed by atoms with Crippen LogP contribution >= 0.6 is 0 Å². The maximum absolute atomic E-state index is 7.51. The van der Waals surface area contributed by atoms with Crippen molar-refractivity contribution in [2.75, 3.05) is 0 Å². The molecule has 1 aromatic rings. The molecule has 0 aliphatic heterocycles. The highest BCUT2D eigenvalue weighted by molar-refractivity contribution is 5.50. The van der Waals surface area contributed by atoms with E-state index in [0.29, 0.717) is 0 Å². The second-order valence-electron chi connectivity index (χ2n) is 2.34. The van der Waals surface area contributed by atoms with Crippen molar-refractivity contribution in [3.05, 3.63) is 67.3 Å². The molecular weight excluding hydrogens is 170 g/mol. The zero-order valence-corrected chi connectivity index (χ0v) is 8.06. The van der Waals surface area contributed by atoms with Gasteiger partial charge in [-0.25, -0.2) is 0 Å². The first-order valence-corrected chi connectivity index (χ1v) is 4.19. The highest BCUT2D eigenvalue weighted by Crippen LogP contribution is 1.99. The predicted molar refractivity (Wildman–Crippen MR) is 61.5 cm³/mol. The largest absolute Gasteiger partial charge is 0.193 e. The van der Waals surface area contributed by atoms with Crippen molar-refractivity contribution in [1.29, 1.82) is 5.26 Å². The summed E-state index contributed by atoms with van der Waals surface area (Å²) in [6, 6.07) is 11.8. The summed E-state index contributed by atoms with van der Waals surface area (Å²) in [5.41, 5.74) is 1.21. The summed E-state index contributed by atoms with van der Waals surface area (Å²) >= 11 is 0. The Hall–Kier alpha value is -2.07. The van der Waals surface area contributed by atoms with E-state index < -0.39 is 0 Å². The van der Waals surface area contributed by atoms with Gasteiger partial charge < -0.3 is 0 Å². The van der Waals surface area contributed by atoms with E-state index in [0.717, 1.165) is 0 Å². The highest BCUT2D eigenvalue weighted by Gasteiger charge is 1.78. The molecule has 0 bridgehead atoms. The number of hydrogen-bond acceptors (Lipinski definition) is 1. The van der Waals surface area contributed by atoms with Crippen molar-refractivity contribution >= 4 is 6.08 Å². The minimum absolute atomic E-state index is 1.18. The van der Waals surface area contributed by atoms with E-state index in [2.05, 4.69) is 25.3 Å². The van der Waals surface area contributed by atoms with Crippen LogP contribution in [-0.2, 0) is 0 Å². The van der Waals surface area contributed by atoms with Crippen LogP contribution in [0.1, 0.15) is 5.56 Å². The van der Waals surface area contributed by atoms with E-state index >= 15 is 0 Å². The molecular formula is C13H13N. The Bertz CT molecular complexity index is 328. The Morgan fingerprint density at radius 2 is 1.71 bits per heavy atom. The van der Waals surface area contributed by atoms with Crippen molar-refractivity contribution in [3.8, 4) is 6.07 Å². The fourth-order valence-corrected chi connectivity index (χ4v) is 0.743. The summed E-state index contributed by atoms with van der Waals surface area (Å²) in [6.07, 6.45) is 6.90. The maximum atomic E-state index is 7.51. The van der Waals surface area contributed by atoms with Gasteiger partial charge in [0.05, 0.1) is 6.07 Å². The summed E-state index contributed by atoms with van der Waals surface area (Å²) in [4.78, 5) is 0. The Balaban J connectivity index is 0.000000364. The van der Waals surface area contributed by atoms with Gasteiger partial charge in [0.2, 0.25) is 0 Å². The summed E-state index contributed by atoms with van der Waals surface area (Å²) < 4.78 is 0. The minimum atomic E-state index is 1.18. The smallest absolute Gasteiger partial charge is 0.0905 e. The Morgan fingerprint density at radius 1 is 1.14 bits per heavy atom. The Kier molecular flexibility index (Phi) is 7.69. The van der Waals surface area contributed by atoms with E-state index in [9.17, 15) is 0 Å².